The quantitative estimate of drug-likeness (QED) is 0.753. The van der Waals surface area contributed by atoms with Gasteiger partial charge in [-0.05, 0) is 42.9 Å². The predicted octanol–water partition coefficient (Wildman–Crippen LogP) is 5.13. The summed E-state index contributed by atoms with van der Waals surface area (Å²) in [6.07, 6.45) is 2.43. The van der Waals surface area contributed by atoms with Crippen molar-refractivity contribution < 1.29 is 0 Å². The van der Waals surface area contributed by atoms with Gasteiger partial charge in [0.05, 0.1) is 0 Å². The van der Waals surface area contributed by atoms with E-state index in [0.717, 1.165) is 12.5 Å². The van der Waals surface area contributed by atoms with Gasteiger partial charge in [-0.3, -0.25) is 0 Å². The molecule has 0 aromatic carbocycles. The van der Waals surface area contributed by atoms with Crippen LogP contribution in [0.3, 0.4) is 0 Å². The fourth-order valence-corrected chi connectivity index (χ4v) is 3.19. The lowest BCUT2D eigenvalue weighted by molar-refractivity contribution is 0.435. The van der Waals surface area contributed by atoms with Crippen molar-refractivity contribution in [3.8, 4) is 0 Å². The van der Waals surface area contributed by atoms with E-state index in [0.29, 0.717) is 6.04 Å². The standard InChI is InChI=1S/C16H29NS/c1-7-10-17-13(11-12(2)3)14-8-9-15(18-14)16(4,5)6/h8-9,12-13,17H,7,10-11H2,1-6H3. The molecule has 0 fully saturated rings. The molecule has 0 aliphatic heterocycles. The van der Waals surface area contributed by atoms with Crippen LogP contribution in [-0.2, 0) is 5.41 Å². The molecule has 1 N–H and O–H groups in total. The number of nitrogens with one attached hydrogen (secondary N) is 1. The Hall–Kier alpha value is -0.340. The van der Waals surface area contributed by atoms with Crippen LogP contribution in [0.15, 0.2) is 12.1 Å². The molecule has 1 heterocycles. The van der Waals surface area contributed by atoms with Gasteiger partial charge in [-0.1, -0.05) is 41.5 Å². The molecule has 1 aromatic heterocycles. The van der Waals surface area contributed by atoms with Crippen molar-refractivity contribution in [1.29, 1.82) is 0 Å². The summed E-state index contributed by atoms with van der Waals surface area (Å²) in [4.78, 5) is 2.99. The minimum atomic E-state index is 0.274. The summed E-state index contributed by atoms with van der Waals surface area (Å²) in [7, 11) is 0. The highest BCUT2D eigenvalue weighted by atomic mass is 32.1. The van der Waals surface area contributed by atoms with Gasteiger partial charge in [-0.25, -0.2) is 0 Å². The van der Waals surface area contributed by atoms with E-state index >= 15 is 0 Å². The van der Waals surface area contributed by atoms with Crippen molar-refractivity contribution in [3.63, 3.8) is 0 Å². The molecule has 1 aromatic rings. The molecule has 104 valence electrons. The van der Waals surface area contributed by atoms with E-state index in [2.05, 4.69) is 59.0 Å². The Morgan fingerprint density at radius 3 is 2.33 bits per heavy atom. The molecule has 0 saturated carbocycles. The van der Waals surface area contributed by atoms with Crippen LogP contribution in [0.1, 0.15) is 70.2 Å². The first-order valence-corrected chi connectivity index (χ1v) is 7.99. The Morgan fingerprint density at radius 1 is 1.22 bits per heavy atom. The third-order valence-corrected chi connectivity index (χ3v) is 4.68. The molecule has 1 rings (SSSR count). The lowest BCUT2D eigenvalue weighted by Crippen LogP contribution is -2.22. The van der Waals surface area contributed by atoms with Crippen LogP contribution in [0.25, 0.3) is 0 Å². The van der Waals surface area contributed by atoms with Crippen LogP contribution in [0.2, 0.25) is 0 Å². The Labute approximate surface area is 117 Å². The summed E-state index contributed by atoms with van der Waals surface area (Å²) in [5, 5.41) is 3.69. The molecule has 0 amide bonds. The SMILES string of the molecule is CCCNC(CC(C)C)c1ccc(C(C)(C)C)s1. The van der Waals surface area contributed by atoms with Crippen LogP contribution < -0.4 is 5.32 Å². The van der Waals surface area contributed by atoms with Gasteiger partial charge in [0.15, 0.2) is 0 Å². The predicted molar refractivity (Wildman–Crippen MR) is 83.5 cm³/mol. The van der Waals surface area contributed by atoms with Crippen molar-refractivity contribution in [2.45, 2.75) is 65.8 Å². The lowest BCUT2D eigenvalue weighted by atomic mass is 9.95. The zero-order valence-corrected chi connectivity index (χ0v) is 13.7. The van der Waals surface area contributed by atoms with Crippen molar-refractivity contribution >= 4 is 11.3 Å². The average Bonchev–Trinajstić information content (AvgIpc) is 2.72. The second-order valence-corrected chi connectivity index (χ2v) is 7.70. The largest absolute Gasteiger partial charge is 0.309 e. The lowest BCUT2D eigenvalue weighted by Gasteiger charge is -2.20. The van der Waals surface area contributed by atoms with Gasteiger partial charge in [-0.15, -0.1) is 11.3 Å². The van der Waals surface area contributed by atoms with Crippen molar-refractivity contribution in [1.82, 2.24) is 5.32 Å². The fourth-order valence-electron chi connectivity index (χ4n) is 2.03. The fraction of sp³-hybridized carbons (Fsp3) is 0.750. The summed E-state index contributed by atoms with van der Waals surface area (Å²) in [5.74, 6) is 0.736. The molecule has 1 atom stereocenters. The van der Waals surface area contributed by atoms with Crippen LogP contribution >= 0.6 is 11.3 Å². The molecule has 0 aliphatic rings. The number of hydrogen-bond acceptors (Lipinski definition) is 2. The first-order chi connectivity index (χ1) is 8.34. The van der Waals surface area contributed by atoms with E-state index < -0.39 is 0 Å². The smallest absolute Gasteiger partial charge is 0.0417 e. The molecule has 1 nitrogen and oxygen atoms in total. The Balaban J connectivity index is 2.81. The molecule has 18 heavy (non-hydrogen) atoms. The van der Waals surface area contributed by atoms with Crippen LogP contribution in [-0.4, -0.2) is 6.54 Å². The van der Waals surface area contributed by atoms with Crippen molar-refractivity contribution in [2.24, 2.45) is 5.92 Å². The highest BCUT2D eigenvalue weighted by Crippen LogP contribution is 2.34. The van der Waals surface area contributed by atoms with Crippen molar-refractivity contribution in [2.75, 3.05) is 6.54 Å². The Morgan fingerprint density at radius 2 is 1.89 bits per heavy atom. The molecule has 0 aliphatic carbocycles. The summed E-state index contributed by atoms with van der Waals surface area (Å²) in [5.41, 5.74) is 0.274. The summed E-state index contributed by atoms with van der Waals surface area (Å²) < 4.78 is 0. The van der Waals surface area contributed by atoms with Gasteiger partial charge < -0.3 is 5.32 Å². The molecular weight excluding hydrogens is 238 g/mol. The Bertz CT molecular complexity index is 346. The minimum Gasteiger partial charge on any atom is -0.309 e. The van der Waals surface area contributed by atoms with E-state index in [-0.39, 0.29) is 5.41 Å². The topological polar surface area (TPSA) is 12.0 Å². The zero-order valence-electron chi connectivity index (χ0n) is 12.8. The van der Waals surface area contributed by atoms with E-state index in [1.807, 2.05) is 11.3 Å². The van der Waals surface area contributed by atoms with Gasteiger partial charge in [0.2, 0.25) is 0 Å². The third-order valence-electron chi connectivity index (χ3n) is 3.06. The van der Waals surface area contributed by atoms with E-state index in [1.54, 1.807) is 0 Å². The van der Waals surface area contributed by atoms with Gasteiger partial charge in [-0.2, -0.15) is 0 Å². The average molecular weight is 267 g/mol. The zero-order chi connectivity index (χ0) is 13.8. The first kappa shape index (κ1) is 15.7. The number of thiophene rings is 1. The monoisotopic (exact) mass is 267 g/mol. The van der Waals surface area contributed by atoms with Crippen LogP contribution in [0.5, 0.6) is 0 Å². The molecule has 0 radical (unpaired) electrons. The Kier molecular flexibility index (Phi) is 5.87. The minimum absolute atomic E-state index is 0.274. The highest BCUT2D eigenvalue weighted by Gasteiger charge is 2.20. The highest BCUT2D eigenvalue weighted by molar-refractivity contribution is 7.12. The first-order valence-electron chi connectivity index (χ1n) is 7.18. The van der Waals surface area contributed by atoms with E-state index in [4.69, 9.17) is 0 Å². The molecular formula is C16H29NS. The molecule has 2 heteroatoms. The molecule has 0 bridgehead atoms. The second kappa shape index (κ2) is 6.72. The van der Waals surface area contributed by atoms with Gasteiger partial charge in [0.1, 0.15) is 0 Å². The maximum Gasteiger partial charge on any atom is 0.0417 e. The number of hydrogen-bond donors (Lipinski definition) is 1. The second-order valence-electron chi connectivity index (χ2n) is 6.59. The van der Waals surface area contributed by atoms with Gasteiger partial charge in [0.25, 0.3) is 0 Å². The normalized spacial score (nSPS) is 14.2. The molecule has 0 spiro atoms. The third kappa shape index (κ3) is 4.74. The van der Waals surface area contributed by atoms with Crippen LogP contribution in [0, 0.1) is 5.92 Å². The van der Waals surface area contributed by atoms with Gasteiger partial charge >= 0.3 is 0 Å². The van der Waals surface area contributed by atoms with Gasteiger partial charge in [0, 0.05) is 15.8 Å². The summed E-state index contributed by atoms with van der Waals surface area (Å²) in [6, 6.07) is 5.16. The summed E-state index contributed by atoms with van der Waals surface area (Å²) in [6.45, 7) is 14.8. The summed E-state index contributed by atoms with van der Waals surface area (Å²) >= 11 is 1.98. The molecule has 1 unspecified atom stereocenters. The number of rotatable bonds is 6. The van der Waals surface area contributed by atoms with E-state index in [1.165, 1.54) is 22.6 Å². The van der Waals surface area contributed by atoms with Crippen LogP contribution in [0.4, 0.5) is 0 Å². The maximum absolute atomic E-state index is 3.69. The van der Waals surface area contributed by atoms with E-state index in [9.17, 15) is 0 Å². The van der Waals surface area contributed by atoms with Crippen molar-refractivity contribution in [3.05, 3.63) is 21.9 Å². The molecule has 0 saturated heterocycles. The maximum atomic E-state index is 3.69.